The Morgan fingerprint density at radius 1 is 1.03 bits per heavy atom. The molecule has 0 bridgehead atoms. The van der Waals surface area contributed by atoms with Crippen molar-refractivity contribution in [3.63, 3.8) is 0 Å². The van der Waals surface area contributed by atoms with Gasteiger partial charge in [-0.1, -0.05) is 34.1 Å². The summed E-state index contributed by atoms with van der Waals surface area (Å²) in [6.07, 6.45) is -4.80. The van der Waals surface area contributed by atoms with E-state index in [0.717, 1.165) is 16.1 Å². The third-order valence-electron chi connectivity index (χ3n) is 4.83. The first-order valence-electron chi connectivity index (χ1n) is 9.02. The van der Waals surface area contributed by atoms with Gasteiger partial charge in [0.05, 0.1) is 11.6 Å². The Balaban J connectivity index is 1.72. The Kier molecular flexibility index (Phi) is 5.30. The van der Waals surface area contributed by atoms with Gasteiger partial charge in [-0.25, -0.2) is 4.39 Å². The second kappa shape index (κ2) is 7.81. The SMILES string of the molecule is O=C(Nc1cccc2c1C(c1cccc(Br)c1)NC2=O)c1cc(F)cc(C(F)(F)F)c1. The van der Waals surface area contributed by atoms with Crippen molar-refractivity contribution in [1.82, 2.24) is 5.32 Å². The number of rotatable bonds is 3. The fourth-order valence-corrected chi connectivity index (χ4v) is 3.90. The smallest absolute Gasteiger partial charge is 0.341 e. The summed E-state index contributed by atoms with van der Waals surface area (Å²) < 4.78 is 53.5. The maximum atomic E-state index is 13.7. The van der Waals surface area contributed by atoms with E-state index in [2.05, 4.69) is 26.6 Å². The van der Waals surface area contributed by atoms with Crippen LogP contribution in [0.5, 0.6) is 0 Å². The number of amides is 2. The second-order valence-corrected chi connectivity index (χ2v) is 7.82. The average molecular weight is 493 g/mol. The Hall–Kier alpha value is -3.20. The molecule has 0 fully saturated rings. The van der Waals surface area contributed by atoms with Crippen molar-refractivity contribution in [2.24, 2.45) is 0 Å². The first-order chi connectivity index (χ1) is 14.6. The van der Waals surface area contributed by atoms with Gasteiger partial charge in [-0.15, -0.1) is 0 Å². The number of benzene rings is 3. The Bertz CT molecular complexity index is 1210. The van der Waals surface area contributed by atoms with Crippen LogP contribution in [0.2, 0.25) is 0 Å². The van der Waals surface area contributed by atoms with Gasteiger partial charge in [-0.05, 0) is 48.0 Å². The highest BCUT2D eigenvalue weighted by Crippen LogP contribution is 2.37. The normalized spacial score (nSPS) is 15.4. The van der Waals surface area contributed by atoms with Crippen LogP contribution in [0.1, 0.15) is 43.4 Å². The van der Waals surface area contributed by atoms with E-state index in [1.807, 2.05) is 6.07 Å². The molecule has 1 atom stereocenters. The number of anilines is 1. The molecule has 158 valence electrons. The molecule has 1 heterocycles. The van der Waals surface area contributed by atoms with Crippen LogP contribution in [0.15, 0.2) is 65.1 Å². The van der Waals surface area contributed by atoms with Gasteiger partial charge < -0.3 is 10.6 Å². The molecule has 3 aromatic rings. The molecule has 1 unspecified atom stereocenters. The number of hydrogen-bond acceptors (Lipinski definition) is 2. The van der Waals surface area contributed by atoms with E-state index in [1.54, 1.807) is 30.3 Å². The predicted octanol–water partition coefficient (Wildman–Crippen LogP) is 5.69. The fourth-order valence-electron chi connectivity index (χ4n) is 3.48. The Labute approximate surface area is 182 Å². The molecule has 1 aliphatic rings. The Morgan fingerprint density at radius 2 is 1.77 bits per heavy atom. The van der Waals surface area contributed by atoms with Crippen LogP contribution >= 0.6 is 15.9 Å². The van der Waals surface area contributed by atoms with Crippen LogP contribution in [0.4, 0.5) is 23.2 Å². The zero-order valence-corrected chi connectivity index (χ0v) is 17.1. The second-order valence-electron chi connectivity index (χ2n) is 6.91. The van der Waals surface area contributed by atoms with Crippen LogP contribution < -0.4 is 10.6 Å². The van der Waals surface area contributed by atoms with Crippen LogP contribution in [-0.4, -0.2) is 11.8 Å². The van der Waals surface area contributed by atoms with Crippen LogP contribution in [0, 0.1) is 5.82 Å². The number of carbonyl (C=O) groups is 2. The standard InChI is InChI=1S/C22H13BrF4N2O2/c23-14-4-1-3-11(8-14)19-18-16(21(31)29-19)5-2-6-17(18)28-20(30)12-7-13(22(25,26)27)10-15(24)9-12/h1-10,19H,(H,28,30)(H,29,31). The lowest BCUT2D eigenvalue weighted by molar-refractivity contribution is -0.137. The van der Waals surface area contributed by atoms with Crippen molar-refractivity contribution in [2.75, 3.05) is 5.32 Å². The van der Waals surface area contributed by atoms with Crippen LogP contribution in [-0.2, 0) is 6.18 Å². The third-order valence-corrected chi connectivity index (χ3v) is 5.33. The molecule has 4 nitrogen and oxygen atoms in total. The molecule has 0 aliphatic carbocycles. The van der Waals surface area contributed by atoms with E-state index in [0.29, 0.717) is 23.3 Å². The monoisotopic (exact) mass is 492 g/mol. The first-order valence-corrected chi connectivity index (χ1v) is 9.81. The number of alkyl halides is 3. The number of halogens is 5. The molecule has 3 aromatic carbocycles. The summed E-state index contributed by atoms with van der Waals surface area (Å²) in [5, 5.41) is 5.36. The number of nitrogens with one attached hydrogen (secondary N) is 2. The van der Waals surface area contributed by atoms with Gasteiger partial charge >= 0.3 is 6.18 Å². The van der Waals surface area contributed by atoms with Crippen molar-refractivity contribution >= 4 is 33.4 Å². The minimum atomic E-state index is -4.80. The average Bonchev–Trinajstić information content (AvgIpc) is 3.05. The lowest BCUT2D eigenvalue weighted by Crippen LogP contribution is -2.20. The zero-order valence-electron chi connectivity index (χ0n) is 15.6. The van der Waals surface area contributed by atoms with Gasteiger partial charge in [0, 0.05) is 26.9 Å². The summed E-state index contributed by atoms with van der Waals surface area (Å²) >= 11 is 3.37. The van der Waals surface area contributed by atoms with E-state index in [1.165, 1.54) is 6.07 Å². The molecular formula is C22H13BrF4N2O2. The van der Waals surface area contributed by atoms with Crippen molar-refractivity contribution in [3.8, 4) is 0 Å². The molecule has 0 saturated carbocycles. The lowest BCUT2D eigenvalue weighted by Gasteiger charge is -2.17. The van der Waals surface area contributed by atoms with Crippen molar-refractivity contribution < 1.29 is 27.2 Å². The van der Waals surface area contributed by atoms with Crippen molar-refractivity contribution in [1.29, 1.82) is 0 Å². The van der Waals surface area contributed by atoms with Crippen LogP contribution in [0.3, 0.4) is 0 Å². The summed E-state index contributed by atoms with van der Waals surface area (Å²) in [4.78, 5) is 25.1. The Morgan fingerprint density at radius 3 is 2.48 bits per heavy atom. The first kappa shape index (κ1) is 21.0. The summed E-state index contributed by atoms with van der Waals surface area (Å²) in [5.41, 5.74) is 0.0438. The summed E-state index contributed by atoms with van der Waals surface area (Å²) in [6, 6.07) is 12.9. The van der Waals surface area contributed by atoms with E-state index in [-0.39, 0.29) is 11.6 Å². The molecule has 2 N–H and O–H groups in total. The maximum absolute atomic E-state index is 13.7. The highest BCUT2D eigenvalue weighted by atomic mass is 79.9. The number of carbonyl (C=O) groups excluding carboxylic acids is 2. The van der Waals surface area contributed by atoms with Crippen molar-refractivity contribution in [3.05, 3.63) is 98.8 Å². The molecule has 4 rings (SSSR count). The summed E-state index contributed by atoms with van der Waals surface area (Å²) in [7, 11) is 0. The van der Waals surface area contributed by atoms with Gasteiger partial charge in [-0.3, -0.25) is 9.59 Å². The van der Waals surface area contributed by atoms with Crippen molar-refractivity contribution in [2.45, 2.75) is 12.2 Å². The number of fused-ring (bicyclic) bond motifs is 1. The lowest BCUT2D eigenvalue weighted by atomic mass is 9.96. The van der Waals surface area contributed by atoms with E-state index in [4.69, 9.17) is 0 Å². The van der Waals surface area contributed by atoms with Gasteiger partial charge in [0.1, 0.15) is 5.82 Å². The molecule has 0 aromatic heterocycles. The molecule has 2 amide bonds. The van der Waals surface area contributed by atoms with Crippen LogP contribution in [0.25, 0.3) is 0 Å². The minimum Gasteiger partial charge on any atom is -0.341 e. The van der Waals surface area contributed by atoms with Gasteiger partial charge in [0.2, 0.25) is 0 Å². The largest absolute Gasteiger partial charge is 0.416 e. The zero-order chi connectivity index (χ0) is 22.3. The predicted molar refractivity (Wildman–Crippen MR) is 109 cm³/mol. The number of hydrogen-bond donors (Lipinski definition) is 2. The highest BCUT2D eigenvalue weighted by molar-refractivity contribution is 9.10. The molecule has 0 saturated heterocycles. The minimum absolute atomic E-state index is 0.239. The fraction of sp³-hybridized carbons (Fsp3) is 0.0909. The molecule has 9 heteroatoms. The third kappa shape index (κ3) is 4.18. The highest BCUT2D eigenvalue weighted by Gasteiger charge is 2.34. The van der Waals surface area contributed by atoms with E-state index in [9.17, 15) is 27.2 Å². The summed E-state index contributed by atoms with van der Waals surface area (Å²) in [5.74, 6) is -2.45. The molecule has 31 heavy (non-hydrogen) atoms. The topological polar surface area (TPSA) is 58.2 Å². The molecule has 1 aliphatic heterocycles. The van der Waals surface area contributed by atoms with E-state index >= 15 is 0 Å². The molecule has 0 spiro atoms. The maximum Gasteiger partial charge on any atom is 0.416 e. The van der Waals surface area contributed by atoms with E-state index < -0.39 is 35.1 Å². The van der Waals surface area contributed by atoms with Gasteiger partial charge in [0.15, 0.2) is 0 Å². The van der Waals surface area contributed by atoms with Gasteiger partial charge in [0.25, 0.3) is 11.8 Å². The van der Waals surface area contributed by atoms with Gasteiger partial charge in [-0.2, -0.15) is 13.2 Å². The molecular weight excluding hydrogens is 480 g/mol. The molecule has 0 radical (unpaired) electrons. The summed E-state index contributed by atoms with van der Waals surface area (Å²) in [6.45, 7) is 0. The quantitative estimate of drug-likeness (QED) is 0.461.